The van der Waals surface area contributed by atoms with Crippen LogP contribution in [0.25, 0.3) is 0 Å². The van der Waals surface area contributed by atoms with Gasteiger partial charge in [0.1, 0.15) is 5.82 Å². The summed E-state index contributed by atoms with van der Waals surface area (Å²) in [5.41, 5.74) is 5.62. The second kappa shape index (κ2) is 10.8. The average Bonchev–Trinajstić information content (AvgIpc) is 2.85. The molecule has 1 heterocycles. The largest absolute Gasteiger partial charge is 0.481 e. The number of nitrogens with zero attached hydrogens (tertiary/aromatic N) is 4. The lowest BCUT2D eigenvalue weighted by molar-refractivity contribution is -0.134. The first-order chi connectivity index (χ1) is 10.8. The molecule has 0 saturated heterocycles. The molecule has 1 amide bonds. The molecule has 1 atom stereocenters. The second-order valence-corrected chi connectivity index (χ2v) is 5.94. The molecule has 0 spiro atoms. The first-order valence-corrected chi connectivity index (χ1v) is 7.96. The molecule has 3 N–H and O–H groups in total. The van der Waals surface area contributed by atoms with Crippen LogP contribution in [0.4, 0.5) is 0 Å². The highest BCUT2D eigenvalue weighted by Gasteiger charge is 2.23. The summed E-state index contributed by atoms with van der Waals surface area (Å²) in [6.07, 6.45) is 2.50. The molecule has 8 nitrogen and oxygen atoms in total. The predicted molar refractivity (Wildman–Crippen MR) is 90.1 cm³/mol. The minimum absolute atomic E-state index is 0.0787. The van der Waals surface area contributed by atoms with Crippen LogP contribution in [0.2, 0.25) is 0 Å². The van der Waals surface area contributed by atoms with Gasteiger partial charge in [0.15, 0.2) is 5.16 Å². The monoisotopic (exact) mass is 343 g/mol. The Labute approximate surface area is 140 Å². The zero-order valence-electron chi connectivity index (χ0n) is 14.0. The van der Waals surface area contributed by atoms with Gasteiger partial charge in [-0.3, -0.25) is 9.59 Å². The zero-order valence-corrected chi connectivity index (χ0v) is 14.8. The number of carbonyl (C=O) groups excluding carboxylic acids is 1. The first kappa shape index (κ1) is 21.1. The van der Waals surface area contributed by atoms with Crippen molar-refractivity contribution >= 4 is 23.6 Å². The lowest BCUT2D eigenvalue weighted by Gasteiger charge is -2.18. The number of aromatic nitrogens is 3. The Morgan fingerprint density at radius 2 is 2.04 bits per heavy atom. The summed E-state index contributed by atoms with van der Waals surface area (Å²) in [4.78, 5) is 22.6. The summed E-state index contributed by atoms with van der Waals surface area (Å²) in [6.45, 7) is 7.69. The molecule has 1 rings (SSSR count). The van der Waals surface area contributed by atoms with Gasteiger partial charge in [-0.1, -0.05) is 24.8 Å². The smallest absolute Gasteiger partial charge is 0.300 e. The number of hydrogen-bond acceptors (Lipinski definition) is 6. The van der Waals surface area contributed by atoms with E-state index in [9.17, 15) is 4.79 Å². The fourth-order valence-corrected chi connectivity index (χ4v) is 2.72. The third kappa shape index (κ3) is 7.29. The van der Waals surface area contributed by atoms with Crippen LogP contribution >= 0.6 is 11.8 Å². The third-order valence-electron chi connectivity index (χ3n) is 2.62. The van der Waals surface area contributed by atoms with Crippen molar-refractivity contribution in [2.45, 2.75) is 43.8 Å². The number of aliphatic carboxylic acids is 1. The van der Waals surface area contributed by atoms with Crippen LogP contribution in [-0.2, 0) is 22.7 Å². The Morgan fingerprint density at radius 1 is 1.48 bits per heavy atom. The molecule has 1 unspecified atom stereocenters. The van der Waals surface area contributed by atoms with E-state index in [0.717, 1.165) is 13.3 Å². The molecule has 0 aliphatic carbocycles. The van der Waals surface area contributed by atoms with E-state index in [1.54, 1.807) is 25.1 Å². The SMILES string of the molecule is C=CCn1c(CN)nnc1SC(CC)C(=O)N(C)C.CC(=O)O. The number of amides is 1. The summed E-state index contributed by atoms with van der Waals surface area (Å²) in [7, 11) is 3.51. The first-order valence-electron chi connectivity index (χ1n) is 7.08. The van der Waals surface area contributed by atoms with Crippen LogP contribution in [0.1, 0.15) is 26.1 Å². The topological polar surface area (TPSA) is 114 Å². The van der Waals surface area contributed by atoms with Gasteiger partial charge in [0, 0.05) is 27.6 Å². The predicted octanol–water partition coefficient (Wildman–Crippen LogP) is 0.973. The molecule has 0 aliphatic rings. The summed E-state index contributed by atoms with van der Waals surface area (Å²) in [5.74, 6) is -0.0514. The minimum Gasteiger partial charge on any atom is -0.481 e. The van der Waals surface area contributed by atoms with E-state index in [1.807, 2.05) is 11.5 Å². The van der Waals surface area contributed by atoms with Gasteiger partial charge in [0.25, 0.3) is 5.97 Å². The van der Waals surface area contributed by atoms with Crippen molar-refractivity contribution in [2.24, 2.45) is 5.73 Å². The van der Waals surface area contributed by atoms with Crippen LogP contribution in [0.3, 0.4) is 0 Å². The lowest BCUT2D eigenvalue weighted by atomic mass is 10.3. The average molecular weight is 343 g/mol. The van der Waals surface area contributed by atoms with Crippen LogP contribution < -0.4 is 5.73 Å². The second-order valence-electron chi connectivity index (χ2n) is 4.77. The molecule has 0 aromatic carbocycles. The van der Waals surface area contributed by atoms with Crippen molar-refractivity contribution in [1.29, 1.82) is 0 Å². The Balaban J connectivity index is 0.00000108. The van der Waals surface area contributed by atoms with Gasteiger partial charge in [0.05, 0.1) is 11.8 Å². The Morgan fingerprint density at radius 3 is 2.43 bits per heavy atom. The number of hydrogen-bond donors (Lipinski definition) is 2. The van der Waals surface area contributed by atoms with E-state index < -0.39 is 5.97 Å². The molecule has 0 aliphatic heterocycles. The molecule has 0 bridgehead atoms. The summed E-state index contributed by atoms with van der Waals surface area (Å²) < 4.78 is 1.89. The quantitative estimate of drug-likeness (QED) is 0.560. The standard InChI is InChI=1S/C12H21N5OS.C2H4O2/c1-5-7-17-10(8-13)14-15-12(17)19-9(6-2)11(18)16(3)4;1-2(3)4/h5,9H,1,6-8,13H2,2-4H3;1H3,(H,3,4). The highest BCUT2D eigenvalue weighted by atomic mass is 32.2. The van der Waals surface area contributed by atoms with E-state index in [1.165, 1.54) is 11.8 Å². The number of nitrogens with two attached hydrogens (primary N) is 1. The van der Waals surface area contributed by atoms with E-state index in [0.29, 0.717) is 24.1 Å². The van der Waals surface area contributed by atoms with Crippen molar-refractivity contribution < 1.29 is 14.7 Å². The van der Waals surface area contributed by atoms with Crippen molar-refractivity contribution in [3.63, 3.8) is 0 Å². The lowest BCUT2D eigenvalue weighted by Crippen LogP contribution is -2.31. The van der Waals surface area contributed by atoms with Gasteiger partial charge in [-0.05, 0) is 6.42 Å². The number of thioether (sulfide) groups is 1. The Bertz CT molecular complexity index is 526. The van der Waals surface area contributed by atoms with Crippen LogP contribution in [0.15, 0.2) is 17.8 Å². The molecule has 0 saturated carbocycles. The molecule has 1 aromatic rings. The minimum atomic E-state index is -0.833. The van der Waals surface area contributed by atoms with E-state index in [-0.39, 0.29) is 11.2 Å². The maximum absolute atomic E-state index is 12.0. The fourth-order valence-electron chi connectivity index (χ4n) is 1.59. The van der Waals surface area contributed by atoms with Crippen molar-refractivity contribution in [1.82, 2.24) is 19.7 Å². The number of allylic oxidation sites excluding steroid dienone is 1. The van der Waals surface area contributed by atoms with Gasteiger partial charge < -0.3 is 20.3 Å². The van der Waals surface area contributed by atoms with Crippen molar-refractivity contribution in [3.8, 4) is 0 Å². The van der Waals surface area contributed by atoms with Gasteiger partial charge in [0.2, 0.25) is 5.91 Å². The Kier molecular flexibility index (Phi) is 9.91. The molecule has 9 heteroatoms. The van der Waals surface area contributed by atoms with Crippen LogP contribution in [-0.4, -0.2) is 56.0 Å². The maximum Gasteiger partial charge on any atom is 0.300 e. The molecule has 1 aromatic heterocycles. The zero-order chi connectivity index (χ0) is 18.0. The van der Waals surface area contributed by atoms with E-state index in [2.05, 4.69) is 16.8 Å². The molecular formula is C14H25N5O3S. The normalized spacial score (nSPS) is 11.2. The van der Waals surface area contributed by atoms with E-state index in [4.69, 9.17) is 15.6 Å². The summed E-state index contributed by atoms with van der Waals surface area (Å²) in [5, 5.41) is 16.1. The molecular weight excluding hydrogens is 318 g/mol. The van der Waals surface area contributed by atoms with Crippen LogP contribution in [0.5, 0.6) is 0 Å². The van der Waals surface area contributed by atoms with Crippen molar-refractivity contribution in [3.05, 3.63) is 18.5 Å². The molecule has 0 radical (unpaired) electrons. The fraction of sp³-hybridized carbons (Fsp3) is 0.571. The van der Waals surface area contributed by atoms with Crippen molar-refractivity contribution in [2.75, 3.05) is 14.1 Å². The van der Waals surface area contributed by atoms with Gasteiger partial charge in [-0.15, -0.1) is 16.8 Å². The highest BCUT2D eigenvalue weighted by molar-refractivity contribution is 8.00. The summed E-state index contributed by atoms with van der Waals surface area (Å²) >= 11 is 1.42. The Hall–Kier alpha value is -1.87. The number of rotatable bonds is 7. The third-order valence-corrected chi connectivity index (χ3v) is 3.95. The molecule has 0 fully saturated rings. The molecule has 130 valence electrons. The maximum atomic E-state index is 12.0. The van der Waals surface area contributed by atoms with Gasteiger partial charge in [-0.2, -0.15) is 0 Å². The number of carboxylic acids is 1. The van der Waals surface area contributed by atoms with Crippen LogP contribution in [0, 0.1) is 0 Å². The highest BCUT2D eigenvalue weighted by Crippen LogP contribution is 2.25. The number of carbonyl (C=O) groups is 2. The van der Waals surface area contributed by atoms with Gasteiger partial charge in [-0.25, -0.2) is 0 Å². The molecule has 23 heavy (non-hydrogen) atoms. The van der Waals surface area contributed by atoms with E-state index >= 15 is 0 Å². The summed E-state index contributed by atoms with van der Waals surface area (Å²) in [6, 6.07) is 0. The van der Waals surface area contributed by atoms with Gasteiger partial charge >= 0.3 is 0 Å². The number of carboxylic acid groups (broad SMARTS) is 1.